The average molecular weight is 429 g/mol. The van der Waals surface area contributed by atoms with Crippen molar-refractivity contribution in [3.63, 3.8) is 0 Å². The predicted molar refractivity (Wildman–Crippen MR) is 122 cm³/mol. The molecule has 4 heterocycles. The summed E-state index contributed by atoms with van der Waals surface area (Å²) in [6, 6.07) is 12.2. The molecule has 164 valence electrons. The van der Waals surface area contributed by atoms with E-state index in [1.165, 1.54) is 0 Å². The summed E-state index contributed by atoms with van der Waals surface area (Å²) in [5.74, 6) is 1.06. The number of carbonyl (C=O) groups is 1. The van der Waals surface area contributed by atoms with Crippen LogP contribution in [0, 0.1) is 31.1 Å². The Morgan fingerprint density at radius 2 is 2.03 bits per heavy atom. The van der Waals surface area contributed by atoms with Crippen molar-refractivity contribution in [3.05, 3.63) is 58.9 Å². The van der Waals surface area contributed by atoms with Crippen molar-refractivity contribution in [1.82, 2.24) is 19.5 Å². The Bertz CT molecular complexity index is 1210. The first-order valence-electron chi connectivity index (χ1n) is 11.4. The molecule has 0 radical (unpaired) electrons. The molecule has 2 saturated heterocycles. The van der Waals surface area contributed by atoms with Crippen LogP contribution in [0.3, 0.4) is 0 Å². The van der Waals surface area contributed by atoms with Gasteiger partial charge in [0, 0.05) is 43.0 Å². The number of anilines is 1. The minimum atomic E-state index is -0.0445. The molecule has 0 spiro atoms. The zero-order valence-electron chi connectivity index (χ0n) is 18.7. The van der Waals surface area contributed by atoms with Gasteiger partial charge < -0.3 is 9.80 Å². The smallest absolute Gasteiger partial charge is 0.254 e. The standard InChI is InChI=1S/C25H28N6O/c1-17-6-5-7-20(12-17)25(32)30-10-4-3-8-22(30)21-13-23-27-24(18(2)15-31(23)28-21)29-11-9-19(14-26)16-29/h5-7,12-13,15,19,22H,3-4,8-11,16H2,1-2H3/t19-,22+/m1/s1. The van der Waals surface area contributed by atoms with Crippen LogP contribution in [0.1, 0.15) is 58.9 Å². The third-order valence-electron chi connectivity index (χ3n) is 6.66. The number of benzene rings is 1. The second-order valence-electron chi connectivity index (χ2n) is 9.06. The van der Waals surface area contributed by atoms with Gasteiger partial charge in [-0.05, 0) is 51.7 Å². The van der Waals surface area contributed by atoms with Crippen LogP contribution in [0.2, 0.25) is 0 Å². The summed E-state index contributed by atoms with van der Waals surface area (Å²) in [5.41, 5.74) is 4.55. The molecule has 2 aliphatic rings. The normalized spacial score (nSPS) is 21.2. The number of amides is 1. The zero-order chi connectivity index (χ0) is 22.2. The van der Waals surface area contributed by atoms with Gasteiger partial charge in [-0.25, -0.2) is 9.50 Å². The second-order valence-corrected chi connectivity index (χ2v) is 9.06. The van der Waals surface area contributed by atoms with E-state index in [1.54, 1.807) is 0 Å². The Kier molecular flexibility index (Phi) is 5.30. The fourth-order valence-electron chi connectivity index (χ4n) is 4.99. The summed E-state index contributed by atoms with van der Waals surface area (Å²) >= 11 is 0. The lowest BCUT2D eigenvalue weighted by molar-refractivity contribution is 0.0605. The molecule has 1 aromatic carbocycles. The number of nitrogens with zero attached hydrogens (tertiary/aromatic N) is 6. The number of hydrogen-bond acceptors (Lipinski definition) is 5. The lowest BCUT2D eigenvalue weighted by Crippen LogP contribution is -2.38. The van der Waals surface area contributed by atoms with E-state index < -0.39 is 0 Å². The van der Waals surface area contributed by atoms with Crippen LogP contribution in [0.15, 0.2) is 36.5 Å². The number of likely N-dealkylation sites (tertiary alicyclic amines) is 1. The molecule has 7 nitrogen and oxygen atoms in total. The van der Waals surface area contributed by atoms with Crippen molar-refractivity contribution >= 4 is 17.4 Å². The SMILES string of the molecule is Cc1cccc(C(=O)N2CCCC[C@H]2c2cc3nc(N4CC[C@H](C#N)C4)c(C)cn3n2)c1. The molecule has 0 saturated carbocycles. The number of piperidine rings is 1. The fraction of sp³-hybridized carbons (Fsp3) is 0.440. The molecule has 1 amide bonds. The molecule has 2 fully saturated rings. The highest BCUT2D eigenvalue weighted by molar-refractivity contribution is 5.94. The Balaban J connectivity index is 1.46. The van der Waals surface area contributed by atoms with Gasteiger partial charge in [-0.15, -0.1) is 0 Å². The van der Waals surface area contributed by atoms with Crippen LogP contribution in [0.5, 0.6) is 0 Å². The lowest BCUT2D eigenvalue weighted by atomic mass is 9.98. The van der Waals surface area contributed by atoms with Gasteiger partial charge in [0.15, 0.2) is 5.65 Å². The zero-order valence-corrected chi connectivity index (χ0v) is 18.7. The Hall–Kier alpha value is -3.40. The van der Waals surface area contributed by atoms with Gasteiger partial charge in [-0.2, -0.15) is 10.4 Å². The molecule has 0 aliphatic carbocycles. The number of rotatable bonds is 3. The van der Waals surface area contributed by atoms with E-state index in [0.29, 0.717) is 0 Å². The minimum Gasteiger partial charge on any atom is -0.355 e. The number of aromatic nitrogens is 3. The highest BCUT2D eigenvalue weighted by Gasteiger charge is 2.31. The third-order valence-corrected chi connectivity index (χ3v) is 6.66. The minimum absolute atomic E-state index is 0.0445. The summed E-state index contributed by atoms with van der Waals surface area (Å²) in [7, 11) is 0. The molecule has 3 aromatic rings. The van der Waals surface area contributed by atoms with Crippen molar-refractivity contribution in [2.45, 2.75) is 45.6 Å². The van der Waals surface area contributed by atoms with Gasteiger partial charge in [-0.3, -0.25) is 4.79 Å². The number of aryl methyl sites for hydroxylation is 2. The topological polar surface area (TPSA) is 77.5 Å². The number of nitriles is 1. The molecule has 2 atom stereocenters. The maximum atomic E-state index is 13.3. The van der Waals surface area contributed by atoms with Gasteiger partial charge in [0.05, 0.1) is 23.7 Å². The number of fused-ring (bicyclic) bond motifs is 1. The molecule has 0 unspecified atom stereocenters. The van der Waals surface area contributed by atoms with Gasteiger partial charge >= 0.3 is 0 Å². The Morgan fingerprint density at radius 1 is 1.16 bits per heavy atom. The summed E-state index contributed by atoms with van der Waals surface area (Å²) in [6.45, 7) is 6.37. The highest BCUT2D eigenvalue weighted by Crippen LogP contribution is 2.33. The first-order chi connectivity index (χ1) is 15.5. The maximum Gasteiger partial charge on any atom is 0.254 e. The monoisotopic (exact) mass is 428 g/mol. The fourth-order valence-corrected chi connectivity index (χ4v) is 4.99. The van der Waals surface area contributed by atoms with Crippen LogP contribution in [-0.4, -0.2) is 45.0 Å². The number of carbonyl (C=O) groups excluding carboxylic acids is 1. The van der Waals surface area contributed by atoms with E-state index in [0.717, 1.165) is 79.2 Å². The van der Waals surface area contributed by atoms with Gasteiger partial charge in [-0.1, -0.05) is 17.7 Å². The van der Waals surface area contributed by atoms with E-state index in [1.807, 2.05) is 59.8 Å². The second kappa shape index (κ2) is 8.27. The molecular weight excluding hydrogens is 400 g/mol. The molecule has 2 aromatic heterocycles. The van der Waals surface area contributed by atoms with Crippen molar-refractivity contribution in [3.8, 4) is 6.07 Å². The van der Waals surface area contributed by atoms with Crippen LogP contribution < -0.4 is 4.90 Å². The van der Waals surface area contributed by atoms with E-state index in [4.69, 9.17) is 10.1 Å². The summed E-state index contributed by atoms with van der Waals surface area (Å²) < 4.78 is 1.83. The average Bonchev–Trinajstić information content (AvgIpc) is 3.44. The van der Waals surface area contributed by atoms with Crippen molar-refractivity contribution in [1.29, 1.82) is 5.26 Å². The first kappa shape index (κ1) is 20.5. The molecule has 0 bridgehead atoms. The van der Waals surface area contributed by atoms with Gasteiger partial charge in [0.25, 0.3) is 5.91 Å². The maximum absolute atomic E-state index is 13.3. The molecular formula is C25H28N6O. The summed E-state index contributed by atoms with van der Waals surface area (Å²) in [6.07, 6.45) is 5.89. The quantitative estimate of drug-likeness (QED) is 0.629. The highest BCUT2D eigenvalue weighted by atomic mass is 16.2. The van der Waals surface area contributed by atoms with Crippen LogP contribution in [0.25, 0.3) is 5.65 Å². The Morgan fingerprint density at radius 3 is 2.81 bits per heavy atom. The third kappa shape index (κ3) is 3.70. The van der Waals surface area contributed by atoms with E-state index in [-0.39, 0.29) is 17.9 Å². The van der Waals surface area contributed by atoms with E-state index >= 15 is 0 Å². The van der Waals surface area contributed by atoms with Crippen LogP contribution >= 0.6 is 0 Å². The van der Waals surface area contributed by atoms with E-state index in [9.17, 15) is 10.1 Å². The summed E-state index contributed by atoms with van der Waals surface area (Å²) in [5, 5.41) is 14.1. The molecule has 32 heavy (non-hydrogen) atoms. The lowest BCUT2D eigenvalue weighted by Gasteiger charge is -2.34. The van der Waals surface area contributed by atoms with Crippen LogP contribution in [0.4, 0.5) is 5.82 Å². The van der Waals surface area contributed by atoms with Crippen LogP contribution in [-0.2, 0) is 0 Å². The molecule has 0 N–H and O–H groups in total. The van der Waals surface area contributed by atoms with Gasteiger partial charge in [0.1, 0.15) is 5.82 Å². The Labute approximate surface area is 188 Å². The summed E-state index contributed by atoms with van der Waals surface area (Å²) in [4.78, 5) is 22.4. The molecule has 7 heteroatoms. The molecule has 2 aliphatic heterocycles. The molecule has 5 rings (SSSR count). The first-order valence-corrected chi connectivity index (χ1v) is 11.4. The number of hydrogen-bond donors (Lipinski definition) is 0. The van der Waals surface area contributed by atoms with Gasteiger partial charge in [0.2, 0.25) is 0 Å². The van der Waals surface area contributed by atoms with Crippen molar-refractivity contribution in [2.24, 2.45) is 5.92 Å². The van der Waals surface area contributed by atoms with Crippen molar-refractivity contribution in [2.75, 3.05) is 24.5 Å². The van der Waals surface area contributed by atoms with Crippen molar-refractivity contribution < 1.29 is 4.79 Å². The predicted octanol–water partition coefficient (Wildman–Crippen LogP) is 4.06. The largest absolute Gasteiger partial charge is 0.355 e. The van der Waals surface area contributed by atoms with E-state index in [2.05, 4.69) is 11.0 Å².